The number of aromatic nitrogens is 3. The standard InChI is InChI=1S/C25H41N5O3S/c1-4-7-18-29(19-8-5-2)24(31)22-14-13-21-23(26-22)30(25(27-21)34(32,33)6-3)20-12-17-28-15-10-9-11-16-28/h13-14H,4-12,15-20H2,1-3H3. The Morgan fingerprint density at radius 1 is 0.941 bits per heavy atom. The number of hydrogen-bond donors (Lipinski definition) is 0. The van der Waals surface area contributed by atoms with Crippen molar-refractivity contribution in [2.24, 2.45) is 0 Å². The van der Waals surface area contributed by atoms with Crippen molar-refractivity contribution in [2.75, 3.05) is 38.5 Å². The van der Waals surface area contributed by atoms with E-state index < -0.39 is 9.84 Å². The summed E-state index contributed by atoms with van der Waals surface area (Å²) < 4.78 is 27.4. The van der Waals surface area contributed by atoms with Gasteiger partial charge in [0.2, 0.25) is 15.0 Å². The second-order valence-electron chi connectivity index (χ2n) is 9.24. The molecule has 0 aliphatic carbocycles. The molecule has 3 rings (SSSR count). The Labute approximate surface area is 204 Å². The number of piperidine rings is 1. The quantitative estimate of drug-likeness (QED) is 0.418. The van der Waals surface area contributed by atoms with Crippen molar-refractivity contribution in [1.29, 1.82) is 0 Å². The summed E-state index contributed by atoms with van der Waals surface area (Å²) in [4.78, 5) is 26.7. The lowest BCUT2D eigenvalue weighted by Crippen LogP contribution is -2.33. The van der Waals surface area contributed by atoms with Crippen molar-refractivity contribution in [2.45, 2.75) is 83.8 Å². The second-order valence-corrected chi connectivity index (χ2v) is 11.4. The first-order chi connectivity index (χ1) is 16.4. The van der Waals surface area contributed by atoms with Gasteiger partial charge in [0, 0.05) is 19.6 Å². The number of unbranched alkanes of at least 4 members (excludes halogenated alkanes) is 2. The number of amides is 1. The number of sulfone groups is 1. The van der Waals surface area contributed by atoms with Gasteiger partial charge < -0.3 is 9.80 Å². The van der Waals surface area contributed by atoms with Gasteiger partial charge in [0.15, 0.2) is 5.65 Å². The lowest BCUT2D eigenvalue weighted by Gasteiger charge is -2.26. The van der Waals surface area contributed by atoms with Crippen LogP contribution in [-0.4, -0.2) is 77.1 Å². The summed E-state index contributed by atoms with van der Waals surface area (Å²) >= 11 is 0. The van der Waals surface area contributed by atoms with Crippen molar-refractivity contribution < 1.29 is 13.2 Å². The summed E-state index contributed by atoms with van der Waals surface area (Å²) in [6.07, 6.45) is 8.49. The number of hydrogen-bond acceptors (Lipinski definition) is 6. The largest absolute Gasteiger partial charge is 0.337 e. The number of rotatable bonds is 13. The molecule has 0 unspecified atom stereocenters. The number of carbonyl (C=O) groups excluding carboxylic acids is 1. The van der Waals surface area contributed by atoms with Gasteiger partial charge in [-0.2, -0.15) is 0 Å². The predicted octanol–water partition coefficient (Wildman–Crippen LogP) is 4.14. The van der Waals surface area contributed by atoms with E-state index in [2.05, 4.69) is 28.7 Å². The molecule has 8 nitrogen and oxygen atoms in total. The molecule has 2 aromatic rings. The smallest absolute Gasteiger partial charge is 0.272 e. The summed E-state index contributed by atoms with van der Waals surface area (Å²) in [6, 6.07) is 3.42. The Bertz CT molecular complexity index is 1040. The molecule has 1 aliphatic heterocycles. The number of carbonyl (C=O) groups is 1. The fraction of sp³-hybridized carbons (Fsp3) is 0.720. The molecule has 0 atom stereocenters. The lowest BCUT2D eigenvalue weighted by atomic mass is 10.1. The van der Waals surface area contributed by atoms with E-state index in [1.807, 2.05) is 4.90 Å². The molecule has 190 valence electrons. The highest BCUT2D eigenvalue weighted by Gasteiger charge is 2.25. The van der Waals surface area contributed by atoms with Crippen LogP contribution in [-0.2, 0) is 16.4 Å². The van der Waals surface area contributed by atoms with Gasteiger partial charge in [-0.3, -0.25) is 9.36 Å². The number of nitrogens with zero attached hydrogens (tertiary/aromatic N) is 5. The van der Waals surface area contributed by atoms with Gasteiger partial charge in [-0.05, 0) is 63.9 Å². The fourth-order valence-corrected chi connectivity index (χ4v) is 5.49. The van der Waals surface area contributed by atoms with Gasteiger partial charge in [0.25, 0.3) is 5.91 Å². The molecular formula is C25H41N5O3S. The Morgan fingerprint density at radius 2 is 1.62 bits per heavy atom. The maximum Gasteiger partial charge on any atom is 0.272 e. The number of likely N-dealkylation sites (tertiary alicyclic amines) is 1. The van der Waals surface area contributed by atoms with Gasteiger partial charge in [-0.15, -0.1) is 0 Å². The molecule has 0 bridgehead atoms. The van der Waals surface area contributed by atoms with E-state index in [9.17, 15) is 13.2 Å². The van der Waals surface area contributed by atoms with Gasteiger partial charge in [0.05, 0.1) is 5.75 Å². The molecule has 2 aromatic heterocycles. The van der Waals surface area contributed by atoms with Gasteiger partial charge in [0.1, 0.15) is 11.2 Å². The van der Waals surface area contributed by atoms with Crippen molar-refractivity contribution >= 4 is 26.9 Å². The summed E-state index contributed by atoms with van der Waals surface area (Å²) in [7, 11) is -3.52. The third-order valence-electron chi connectivity index (χ3n) is 6.59. The number of fused-ring (bicyclic) bond motifs is 1. The molecule has 1 fully saturated rings. The van der Waals surface area contributed by atoms with E-state index in [1.165, 1.54) is 19.3 Å². The van der Waals surface area contributed by atoms with E-state index >= 15 is 0 Å². The highest BCUT2D eigenvalue weighted by molar-refractivity contribution is 7.91. The van der Waals surface area contributed by atoms with Crippen LogP contribution in [0.25, 0.3) is 11.2 Å². The van der Waals surface area contributed by atoms with Crippen molar-refractivity contribution in [3.05, 3.63) is 17.8 Å². The van der Waals surface area contributed by atoms with Crippen LogP contribution in [0.15, 0.2) is 17.3 Å². The highest BCUT2D eigenvalue weighted by Crippen LogP contribution is 2.21. The molecule has 0 aromatic carbocycles. The summed E-state index contributed by atoms with van der Waals surface area (Å²) in [5.41, 5.74) is 1.37. The normalized spacial score (nSPS) is 15.1. The molecular weight excluding hydrogens is 450 g/mol. The molecule has 1 amide bonds. The molecule has 0 radical (unpaired) electrons. The van der Waals surface area contributed by atoms with Crippen LogP contribution in [0.3, 0.4) is 0 Å². The van der Waals surface area contributed by atoms with Crippen LogP contribution in [0.2, 0.25) is 0 Å². The Morgan fingerprint density at radius 3 is 2.24 bits per heavy atom. The second kappa shape index (κ2) is 12.6. The topological polar surface area (TPSA) is 88.4 Å². The fourth-order valence-electron chi connectivity index (χ4n) is 4.48. The monoisotopic (exact) mass is 491 g/mol. The molecule has 9 heteroatoms. The average molecular weight is 492 g/mol. The molecule has 0 N–H and O–H groups in total. The molecule has 0 spiro atoms. The van der Waals surface area contributed by atoms with Crippen LogP contribution in [0.5, 0.6) is 0 Å². The van der Waals surface area contributed by atoms with Crippen LogP contribution in [0.1, 0.15) is 82.6 Å². The maximum absolute atomic E-state index is 13.3. The first-order valence-corrected chi connectivity index (χ1v) is 14.7. The minimum Gasteiger partial charge on any atom is -0.337 e. The van der Waals surface area contributed by atoms with Gasteiger partial charge in [-0.1, -0.05) is 40.0 Å². The van der Waals surface area contributed by atoms with E-state index in [0.717, 1.165) is 51.7 Å². The van der Waals surface area contributed by atoms with Gasteiger partial charge in [-0.25, -0.2) is 18.4 Å². The summed E-state index contributed by atoms with van der Waals surface area (Å²) in [5, 5.41) is 0.0644. The third kappa shape index (κ3) is 6.56. The molecule has 34 heavy (non-hydrogen) atoms. The molecule has 0 saturated carbocycles. The molecule has 1 saturated heterocycles. The zero-order valence-electron chi connectivity index (χ0n) is 21.1. The van der Waals surface area contributed by atoms with Crippen LogP contribution in [0.4, 0.5) is 0 Å². The van der Waals surface area contributed by atoms with Crippen LogP contribution in [0, 0.1) is 0 Å². The van der Waals surface area contributed by atoms with Crippen LogP contribution >= 0.6 is 0 Å². The lowest BCUT2D eigenvalue weighted by molar-refractivity contribution is 0.0745. The molecule has 1 aliphatic rings. The summed E-state index contributed by atoms with van der Waals surface area (Å²) in [6.45, 7) is 10.9. The average Bonchev–Trinajstić information content (AvgIpc) is 3.23. The first kappa shape index (κ1) is 26.6. The Balaban J connectivity index is 1.90. The van der Waals surface area contributed by atoms with Crippen molar-refractivity contribution in [1.82, 2.24) is 24.3 Å². The number of pyridine rings is 1. The summed E-state index contributed by atoms with van der Waals surface area (Å²) in [5.74, 6) is -0.111. The Hall–Kier alpha value is -2.00. The highest BCUT2D eigenvalue weighted by atomic mass is 32.2. The number of aryl methyl sites for hydroxylation is 1. The third-order valence-corrected chi connectivity index (χ3v) is 8.22. The zero-order valence-corrected chi connectivity index (χ0v) is 21.9. The first-order valence-electron chi connectivity index (χ1n) is 13.0. The van der Waals surface area contributed by atoms with Crippen LogP contribution < -0.4 is 0 Å². The SMILES string of the molecule is CCCCN(CCCC)C(=O)c1ccc2nc(S(=O)(=O)CC)n(CCCN3CCCCC3)c2n1. The van der Waals surface area contributed by atoms with Crippen molar-refractivity contribution in [3.8, 4) is 0 Å². The van der Waals surface area contributed by atoms with Gasteiger partial charge >= 0.3 is 0 Å². The molecule has 3 heterocycles. The zero-order chi connectivity index (χ0) is 24.6. The van der Waals surface area contributed by atoms with E-state index in [1.54, 1.807) is 23.6 Å². The number of imidazole rings is 1. The minimum atomic E-state index is -3.52. The van der Waals surface area contributed by atoms with E-state index in [-0.39, 0.29) is 16.8 Å². The maximum atomic E-state index is 13.3. The van der Waals surface area contributed by atoms with Crippen molar-refractivity contribution in [3.63, 3.8) is 0 Å². The van der Waals surface area contributed by atoms with E-state index in [0.29, 0.717) is 36.5 Å². The Kier molecular flexibility index (Phi) is 9.88. The minimum absolute atomic E-state index is 0.0178. The van der Waals surface area contributed by atoms with E-state index in [4.69, 9.17) is 0 Å². The predicted molar refractivity (Wildman–Crippen MR) is 136 cm³/mol.